The molecule has 0 N–H and O–H groups in total. The summed E-state index contributed by atoms with van der Waals surface area (Å²) in [6.45, 7) is 2.49. The molecule has 111 valence electrons. The third kappa shape index (κ3) is 4.15. The summed E-state index contributed by atoms with van der Waals surface area (Å²) in [6.07, 6.45) is 5.14. The van der Waals surface area contributed by atoms with Crippen LogP contribution in [0.25, 0.3) is 11.3 Å². The molecule has 0 atom stereocenters. The van der Waals surface area contributed by atoms with Crippen molar-refractivity contribution in [1.29, 1.82) is 0 Å². The van der Waals surface area contributed by atoms with E-state index in [0.29, 0.717) is 28.6 Å². The van der Waals surface area contributed by atoms with Crippen molar-refractivity contribution in [2.75, 3.05) is 6.61 Å². The molecule has 6 heteroatoms. The fraction of sp³-hybridized carbons (Fsp3) is 0.188. The summed E-state index contributed by atoms with van der Waals surface area (Å²) in [7, 11) is 0. The number of nitrogens with zero attached hydrogens (tertiary/aromatic N) is 1. The van der Waals surface area contributed by atoms with E-state index in [1.807, 2.05) is 6.92 Å². The summed E-state index contributed by atoms with van der Waals surface area (Å²) in [5.74, 6) is 2.95. The van der Waals surface area contributed by atoms with Gasteiger partial charge in [0.2, 0.25) is 5.56 Å². The van der Waals surface area contributed by atoms with Gasteiger partial charge in [-0.1, -0.05) is 28.8 Å². The quantitative estimate of drug-likeness (QED) is 0.570. The molecule has 1 aromatic heterocycles. The summed E-state index contributed by atoms with van der Waals surface area (Å²) < 4.78 is 6.83. The van der Waals surface area contributed by atoms with Crippen LogP contribution in [-0.4, -0.2) is 11.2 Å². The van der Waals surface area contributed by atoms with E-state index in [4.69, 9.17) is 34.4 Å². The molecule has 1 radical (unpaired) electrons. The molecular weight excluding hydrogens is 398 g/mol. The third-order valence-electron chi connectivity index (χ3n) is 2.89. The summed E-state index contributed by atoms with van der Waals surface area (Å²) in [4.78, 5) is 12.0. The Labute approximate surface area is 164 Å². The van der Waals surface area contributed by atoms with Crippen LogP contribution in [0.4, 0.5) is 0 Å². The van der Waals surface area contributed by atoms with Crippen molar-refractivity contribution in [2.45, 2.75) is 13.5 Å². The first-order valence-corrected chi connectivity index (χ1v) is 7.01. The standard InChI is InChI=1S/C16H12Cl2NO2.Y/c1-3-9-21-11-5-6-12(14(18)10-11)15-8-7-13(17)16(20)19(15)4-2;/h1,5-7,10H,4,9H2,2H3;/q-1;. The maximum Gasteiger partial charge on any atom is 0.212 e. The van der Waals surface area contributed by atoms with Crippen LogP contribution in [0.1, 0.15) is 6.92 Å². The number of rotatable bonds is 4. The SMILES string of the molecule is C#CCOc1ccc(-c2[c-]cc(Cl)c(=O)n2CC)c(Cl)c1.[Y]. The minimum Gasteiger partial charge on any atom is -0.481 e. The number of hydrogen-bond donors (Lipinski definition) is 0. The molecule has 1 aromatic carbocycles. The molecule has 22 heavy (non-hydrogen) atoms. The van der Waals surface area contributed by atoms with E-state index in [-0.39, 0.29) is 49.9 Å². The Morgan fingerprint density at radius 1 is 1.36 bits per heavy atom. The van der Waals surface area contributed by atoms with Gasteiger partial charge >= 0.3 is 0 Å². The molecule has 0 aliphatic heterocycles. The van der Waals surface area contributed by atoms with E-state index in [9.17, 15) is 4.79 Å². The summed E-state index contributed by atoms with van der Waals surface area (Å²) in [5.41, 5.74) is 0.998. The molecule has 0 bridgehead atoms. The van der Waals surface area contributed by atoms with Crippen molar-refractivity contribution in [3.63, 3.8) is 0 Å². The van der Waals surface area contributed by atoms with Crippen LogP contribution in [0, 0.1) is 18.4 Å². The third-order valence-corrected chi connectivity index (χ3v) is 3.47. The van der Waals surface area contributed by atoms with Gasteiger partial charge in [-0.05, 0) is 24.1 Å². The number of aromatic nitrogens is 1. The van der Waals surface area contributed by atoms with Crippen molar-refractivity contribution >= 4 is 23.2 Å². The average Bonchev–Trinajstić information content (AvgIpc) is 2.48. The topological polar surface area (TPSA) is 31.2 Å². The first kappa shape index (κ1) is 19.3. The minimum absolute atomic E-state index is 0. The van der Waals surface area contributed by atoms with Gasteiger partial charge < -0.3 is 9.30 Å². The monoisotopic (exact) mass is 409 g/mol. The molecule has 3 nitrogen and oxygen atoms in total. The fourth-order valence-corrected chi connectivity index (χ4v) is 2.35. The second kappa shape index (κ2) is 8.74. The molecule has 0 unspecified atom stereocenters. The largest absolute Gasteiger partial charge is 0.481 e. The zero-order valence-corrected chi connectivity index (χ0v) is 16.2. The first-order valence-electron chi connectivity index (χ1n) is 6.25. The van der Waals surface area contributed by atoms with Crippen LogP contribution in [0.5, 0.6) is 5.75 Å². The Morgan fingerprint density at radius 2 is 2.09 bits per heavy atom. The average molecular weight is 410 g/mol. The predicted molar refractivity (Wildman–Crippen MR) is 85.0 cm³/mol. The molecule has 0 spiro atoms. The second-order valence-electron chi connectivity index (χ2n) is 4.17. The molecule has 1 heterocycles. The molecule has 2 rings (SSSR count). The Balaban J connectivity index is 0.00000242. The minimum atomic E-state index is -0.267. The van der Waals surface area contributed by atoms with Crippen molar-refractivity contribution in [1.82, 2.24) is 4.57 Å². The van der Waals surface area contributed by atoms with E-state index in [1.54, 1.807) is 18.2 Å². The van der Waals surface area contributed by atoms with Gasteiger partial charge in [0.05, 0.1) is 0 Å². The van der Waals surface area contributed by atoms with Gasteiger partial charge in [-0.25, -0.2) is 0 Å². The number of hydrogen-bond acceptors (Lipinski definition) is 2. The first-order chi connectivity index (χ1) is 10.1. The second-order valence-corrected chi connectivity index (χ2v) is 4.98. The molecular formula is C16H12Cl2NO2Y-. The Morgan fingerprint density at radius 3 is 2.68 bits per heavy atom. The van der Waals surface area contributed by atoms with Gasteiger partial charge in [0.1, 0.15) is 12.4 Å². The Kier molecular flexibility index (Phi) is 7.66. The van der Waals surface area contributed by atoms with Crippen LogP contribution in [0.3, 0.4) is 0 Å². The smallest absolute Gasteiger partial charge is 0.212 e. The van der Waals surface area contributed by atoms with Crippen LogP contribution < -0.4 is 10.3 Å². The van der Waals surface area contributed by atoms with Gasteiger partial charge in [-0.15, -0.1) is 12.5 Å². The van der Waals surface area contributed by atoms with Crippen LogP contribution in [0.15, 0.2) is 29.1 Å². The van der Waals surface area contributed by atoms with Crippen molar-refractivity contribution < 1.29 is 37.4 Å². The van der Waals surface area contributed by atoms with E-state index < -0.39 is 0 Å². The van der Waals surface area contributed by atoms with E-state index in [2.05, 4.69) is 12.0 Å². The molecule has 0 fully saturated rings. The predicted octanol–water partition coefficient (Wildman–Crippen LogP) is 3.65. The maximum absolute atomic E-state index is 12.0. The summed E-state index contributed by atoms with van der Waals surface area (Å²) in [5, 5.41) is 0.579. The maximum atomic E-state index is 12.0. The molecule has 2 aromatic rings. The molecule has 0 saturated carbocycles. The van der Waals surface area contributed by atoms with Gasteiger partial charge in [0.15, 0.2) is 0 Å². The molecule has 0 amide bonds. The zero-order valence-electron chi connectivity index (χ0n) is 11.9. The summed E-state index contributed by atoms with van der Waals surface area (Å²) in [6, 6.07) is 9.60. The van der Waals surface area contributed by atoms with Gasteiger partial charge in [0.25, 0.3) is 0 Å². The van der Waals surface area contributed by atoms with E-state index in [1.165, 1.54) is 10.6 Å². The van der Waals surface area contributed by atoms with Gasteiger partial charge in [-0.3, -0.25) is 4.79 Å². The van der Waals surface area contributed by atoms with Crippen LogP contribution in [0.2, 0.25) is 10.0 Å². The van der Waals surface area contributed by atoms with Crippen molar-refractivity contribution in [2.24, 2.45) is 0 Å². The van der Waals surface area contributed by atoms with Gasteiger partial charge in [0, 0.05) is 44.3 Å². The van der Waals surface area contributed by atoms with Crippen LogP contribution >= 0.6 is 23.2 Å². The fourth-order valence-electron chi connectivity index (χ4n) is 1.93. The molecule has 0 aliphatic carbocycles. The number of terminal acetylenes is 1. The molecule has 0 aliphatic rings. The molecule has 0 saturated heterocycles. The van der Waals surface area contributed by atoms with Gasteiger partial charge in [-0.2, -0.15) is 23.7 Å². The zero-order chi connectivity index (χ0) is 15.4. The van der Waals surface area contributed by atoms with Crippen molar-refractivity contribution in [3.05, 3.63) is 50.7 Å². The van der Waals surface area contributed by atoms with Crippen molar-refractivity contribution in [3.8, 4) is 29.4 Å². The number of ether oxygens (including phenoxy) is 1. The summed E-state index contributed by atoms with van der Waals surface area (Å²) >= 11 is 12.1. The van der Waals surface area contributed by atoms with E-state index >= 15 is 0 Å². The normalized spacial score (nSPS) is 9.73. The van der Waals surface area contributed by atoms with Crippen LogP contribution in [-0.2, 0) is 39.3 Å². The number of halogens is 2. The number of benzene rings is 1. The van der Waals surface area contributed by atoms with E-state index in [0.717, 1.165) is 0 Å². The number of pyridine rings is 1. The Bertz CT molecular complexity index is 766. The Hall–Kier alpha value is -0.786.